The van der Waals surface area contributed by atoms with E-state index in [1.807, 2.05) is 7.05 Å². The molecule has 0 amide bonds. The molecule has 0 aliphatic heterocycles. The van der Waals surface area contributed by atoms with Gasteiger partial charge in [-0.3, -0.25) is 0 Å². The van der Waals surface area contributed by atoms with Crippen molar-refractivity contribution in [3.63, 3.8) is 0 Å². The number of rotatable bonds is 5. The van der Waals surface area contributed by atoms with Crippen LogP contribution < -0.4 is 10.6 Å². The van der Waals surface area contributed by atoms with E-state index in [1.54, 1.807) is 18.2 Å². The minimum Gasteiger partial charge on any atom is -0.478 e. The maximum absolute atomic E-state index is 10.9. The van der Waals surface area contributed by atoms with Crippen molar-refractivity contribution in [3.05, 3.63) is 23.8 Å². The summed E-state index contributed by atoms with van der Waals surface area (Å²) in [5, 5.41) is 8.99. The van der Waals surface area contributed by atoms with Gasteiger partial charge in [-0.15, -0.1) is 0 Å². The van der Waals surface area contributed by atoms with Crippen molar-refractivity contribution in [1.29, 1.82) is 0 Å². The van der Waals surface area contributed by atoms with Crippen LogP contribution in [-0.4, -0.2) is 24.7 Å². The van der Waals surface area contributed by atoms with Crippen LogP contribution >= 0.6 is 0 Å². The lowest BCUT2D eigenvalue weighted by Crippen LogP contribution is -2.24. The van der Waals surface area contributed by atoms with Crippen LogP contribution in [0.2, 0.25) is 0 Å². The van der Waals surface area contributed by atoms with E-state index >= 15 is 0 Å². The molecule has 18 heavy (non-hydrogen) atoms. The highest BCUT2D eigenvalue weighted by atomic mass is 16.4. The van der Waals surface area contributed by atoms with Crippen LogP contribution in [0, 0.1) is 5.92 Å². The van der Waals surface area contributed by atoms with E-state index in [1.165, 1.54) is 19.3 Å². The zero-order valence-electron chi connectivity index (χ0n) is 10.7. The number of carboxylic acids is 1. The van der Waals surface area contributed by atoms with Crippen LogP contribution in [-0.2, 0) is 0 Å². The predicted molar refractivity (Wildman–Crippen MR) is 73.0 cm³/mol. The highest BCUT2D eigenvalue weighted by molar-refractivity contribution is 5.90. The van der Waals surface area contributed by atoms with E-state index in [0.29, 0.717) is 5.69 Å². The molecule has 1 aromatic carbocycles. The standard InChI is InChI=1S/C14H20N2O2/c1-16(8-7-10-3-2-4-10)13-9-11(14(17)18)5-6-12(13)15/h5-6,9-10H,2-4,7-8,15H2,1H3,(H,17,18). The zero-order valence-corrected chi connectivity index (χ0v) is 10.7. The normalized spacial score (nSPS) is 15.2. The topological polar surface area (TPSA) is 66.6 Å². The van der Waals surface area contributed by atoms with Gasteiger partial charge in [-0.05, 0) is 30.5 Å². The molecule has 0 saturated heterocycles. The summed E-state index contributed by atoms with van der Waals surface area (Å²) in [6.45, 7) is 0.929. The van der Waals surface area contributed by atoms with Crippen molar-refractivity contribution in [2.75, 3.05) is 24.2 Å². The van der Waals surface area contributed by atoms with Gasteiger partial charge in [0.05, 0.1) is 16.9 Å². The molecule has 98 valence electrons. The van der Waals surface area contributed by atoms with Gasteiger partial charge in [-0.25, -0.2) is 4.79 Å². The first-order valence-corrected chi connectivity index (χ1v) is 6.42. The van der Waals surface area contributed by atoms with Crippen LogP contribution in [0.4, 0.5) is 11.4 Å². The van der Waals surface area contributed by atoms with Crippen LogP contribution in [0.3, 0.4) is 0 Å². The Morgan fingerprint density at radius 3 is 2.78 bits per heavy atom. The summed E-state index contributed by atoms with van der Waals surface area (Å²) >= 11 is 0. The van der Waals surface area contributed by atoms with Crippen molar-refractivity contribution in [3.8, 4) is 0 Å². The molecule has 0 aromatic heterocycles. The smallest absolute Gasteiger partial charge is 0.335 e. The fraction of sp³-hybridized carbons (Fsp3) is 0.500. The largest absolute Gasteiger partial charge is 0.478 e. The van der Waals surface area contributed by atoms with Crippen LogP contribution in [0.15, 0.2) is 18.2 Å². The maximum atomic E-state index is 10.9. The molecule has 2 rings (SSSR count). The monoisotopic (exact) mass is 248 g/mol. The summed E-state index contributed by atoms with van der Waals surface area (Å²) < 4.78 is 0. The first-order chi connectivity index (χ1) is 8.58. The molecule has 0 heterocycles. The molecular formula is C14H20N2O2. The third-order valence-electron chi connectivity index (χ3n) is 3.79. The highest BCUT2D eigenvalue weighted by Gasteiger charge is 2.18. The Morgan fingerprint density at radius 1 is 1.50 bits per heavy atom. The van der Waals surface area contributed by atoms with Gasteiger partial charge >= 0.3 is 5.97 Å². The van der Waals surface area contributed by atoms with E-state index in [-0.39, 0.29) is 5.56 Å². The molecule has 4 heteroatoms. The molecule has 1 fully saturated rings. The van der Waals surface area contributed by atoms with E-state index in [0.717, 1.165) is 24.6 Å². The molecule has 1 aromatic rings. The molecule has 0 unspecified atom stereocenters. The minimum absolute atomic E-state index is 0.287. The van der Waals surface area contributed by atoms with Crippen molar-refractivity contribution >= 4 is 17.3 Å². The fourth-order valence-corrected chi connectivity index (χ4v) is 2.29. The third-order valence-corrected chi connectivity index (χ3v) is 3.79. The molecule has 0 spiro atoms. The first-order valence-electron chi connectivity index (χ1n) is 6.42. The van der Waals surface area contributed by atoms with Crippen LogP contribution in [0.1, 0.15) is 36.0 Å². The Bertz CT molecular complexity index is 441. The van der Waals surface area contributed by atoms with Gasteiger partial charge in [-0.2, -0.15) is 0 Å². The van der Waals surface area contributed by atoms with Crippen LogP contribution in [0.5, 0.6) is 0 Å². The molecular weight excluding hydrogens is 228 g/mol. The third kappa shape index (κ3) is 2.75. The van der Waals surface area contributed by atoms with Gasteiger partial charge in [0.1, 0.15) is 0 Å². The van der Waals surface area contributed by atoms with Gasteiger partial charge in [0.25, 0.3) is 0 Å². The summed E-state index contributed by atoms with van der Waals surface area (Å²) in [5.41, 5.74) is 7.64. The van der Waals surface area contributed by atoms with Gasteiger partial charge < -0.3 is 15.7 Å². The Hall–Kier alpha value is -1.71. The Labute approximate surface area is 107 Å². The number of nitrogens with zero attached hydrogens (tertiary/aromatic N) is 1. The molecule has 0 bridgehead atoms. The Kier molecular flexibility index (Phi) is 3.75. The lowest BCUT2D eigenvalue weighted by Gasteiger charge is -2.29. The molecule has 1 saturated carbocycles. The number of nitrogens with two attached hydrogens (primary N) is 1. The number of anilines is 2. The van der Waals surface area contributed by atoms with Crippen molar-refractivity contribution in [2.45, 2.75) is 25.7 Å². The quantitative estimate of drug-likeness (QED) is 0.786. The molecule has 3 N–H and O–H groups in total. The molecule has 1 aliphatic carbocycles. The number of nitrogen functional groups attached to an aromatic ring is 1. The SMILES string of the molecule is CN(CCC1CCC1)c1cc(C(=O)O)ccc1N. The molecule has 4 nitrogen and oxygen atoms in total. The summed E-state index contributed by atoms with van der Waals surface area (Å²) in [5.74, 6) is -0.0695. The zero-order chi connectivity index (χ0) is 13.1. The Morgan fingerprint density at radius 2 is 2.22 bits per heavy atom. The molecule has 1 aliphatic rings. The Balaban J connectivity index is 2.04. The fourth-order valence-electron chi connectivity index (χ4n) is 2.29. The van der Waals surface area contributed by atoms with E-state index in [4.69, 9.17) is 10.8 Å². The number of aromatic carboxylic acids is 1. The van der Waals surface area contributed by atoms with E-state index in [2.05, 4.69) is 4.90 Å². The van der Waals surface area contributed by atoms with Gasteiger partial charge in [0, 0.05) is 13.6 Å². The van der Waals surface area contributed by atoms with Crippen molar-refractivity contribution < 1.29 is 9.90 Å². The number of benzene rings is 1. The van der Waals surface area contributed by atoms with Crippen molar-refractivity contribution in [2.24, 2.45) is 5.92 Å². The molecule has 0 atom stereocenters. The summed E-state index contributed by atoms with van der Waals surface area (Å²) in [6.07, 6.45) is 5.18. The number of hydrogen-bond donors (Lipinski definition) is 2. The van der Waals surface area contributed by atoms with Gasteiger partial charge in [0.15, 0.2) is 0 Å². The number of hydrogen-bond acceptors (Lipinski definition) is 3. The average molecular weight is 248 g/mol. The lowest BCUT2D eigenvalue weighted by molar-refractivity contribution is 0.0697. The van der Waals surface area contributed by atoms with E-state index < -0.39 is 5.97 Å². The summed E-state index contributed by atoms with van der Waals surface area (Å²) in [7, 11) is 1.97. The predicted octanol–water partition coefficient (Wildman–Crippen LogP) is 2.59. The maximum Gasteiger partial charge on any atom is 0.335 e. The van der Waals surface area contributed by atoms with Gasteiger partial charge in [-0.1, -0.05) is 19.3 Å². The second-order valence-corrected chi connectivity index (χ2v) is 5.09. The second-order valence-electron chi connectivity index (χ2n) is 5.09. The van der Waals surface area contributed by atoms with Crippen molar-refractivity contribution in [1.82, 2.24) is 0 Å². The lowest BCUT2D eigenvalue weighted by atomic mass is 9.83. The highest BCUT2D eigenvalue weighted by Crippen LogP contribution is 2.31. The van der Waals surface area contributed by atoms with E-state index in [9.17, 15) is 4.79 Å². The first kappa shape index (κ1) is 12.7. The molecule has 0 radical (unpaired) electrons. The summed E-state index contributed by atoms with van der Waals surface area (Å²) in [6, 6.07) is 4.86. The number of carbonyl (C=O) groups is 1. The minimum atomic E-state index is -0.913. The van der Waals surface area contributed by atoms with Crippen LogP contribution in [0.25, 0.3) is 0 Å². The number of carboxylic acid groups (broad SMARTS) is 1. The summed E-state index contributed by atoms with van der Waals surface area (Å²) in [4.78, 5) is 13.0. The second kappa shape index (κ2) is 5.29. The average Bonchev–Trinajstić information content (AvgIpc) is 2.26. The van der Waals surface area contributed by atoms with Gasteiger partial charge in [0.2, 0.25) is 0 Å².